The van der Waals surface area contributed by atoms with Crippen LogP contribution >= 0.6 is 0 Å². The number of carboxylic acid groups (broad SMARTS) is 1. The molecule has 6 nitrogen and oxygen atoms in total. The summed E-state index contributed by atoms with van der Waals surface area (Å²) in [5, 5.41) is 23.2. The van der Waals surface area contributed by atoms with Crippen LogP contribution in [0.4, 0.5) is 5.69 Å². The van der Waals surface area contributed by atoms with Crippen molar-refractivity contribution in [3.8, 4) is 6.07 Å². The van der Waals surface area contributed by atoms with E-state index in [1.165, 1.54) is 6.20 Å². The molecule has 0 fully saturated rings. The average molecular weight is 329 g/mol. The van der Waals surface area contributed by atoms with Gasteiger partial charge >= 0.3 is 5.97 Å². The number of benzene rings is 1. The first kappa shape index (κ1) is 19.2. The highest BCUT2D eigenvalue weighted by molar-refractivity contribution is 5.97. The van der Waals surface area contributed by atoms with Crippen molar-refractivity contribution in [1.82, 2.24) is 5.32 Å². The molecule has 128 valence electrons. The van der Waals surface area contributed by atoms with Crippen LogP contribution in [0.5, 0.6) is 0 Å². The Labute approximate surface area is 142 Å². The van der Waals surface area contributed by atoms with Gasteiger partial charge in [0.15, 0.2) is 0 Å². The number of amides is 1. The number of nitrogens with one attached hydrogen (secondary N) is 2. The van der Waals surface area contributed by atoms with Crippen molar-refractivity contribution >= 4 is 17.6 Å². The Morgan fingerprint density at radius 2 is 1.96 bits per heavy atom. The highest BCUT2D eigenvalue weighted by Gasteiger charge is 2.17. The van der Waals surface area contributed by atoms with Crippen LogP contribution in [0.2, 0.25) is 0 Å². The average Bonchev–Trinajstić information content (AvgIpc) is 2.51. The Morgan fingerprint density at radius 3 is 2.54 bits per heavy atom. The zero-order chi connectivity index (χ0) is 18.2. The Morgan fingerprint density at radius 1 is 1.29 bits per heavy atom. The van der Waals surface area contributed by atoms with Gasteiger partial charge in [-0.3, -0.25) is 9.59 Å². The summed E-state index contributed by atoms with van der Waals surface area (Å²) in [6, 6.07) is 9.55. The minimum absolute atomic E-state index is 0.0247. The summed E-state index contributed by atoms with van der Waals surface area (Å²) in [5.41, 5.74) is 1.76. The normalized spacial score (nSPS) is 11.5. The van der Waals surface area contributed by atoms with E-state index in [1.54, 1.807) is 0 Å². The Hall–Kier alpha value is -2.81. The van der Waals surface area contributed by atoms with Crippen molar-refractivity contribution in [2.45, 2.75) is 39.0 Å². The molecule has 0 aromatic heterocycles. The second-order valence-corrected chi connectivity index (χ2v) is 6.36. The van der Waals surface area contributed by atoms with Crippen molar-refractivity contribution in [3.05, 3.63) is 41.6 Å². The van der Waals surface area contributed by atoms with Gasteiger partial charge in [0.1, 0.15) is 11.6 Å². The zero-order valence-corrected chi connectivity index (χ0v) is 14.2. The van der Waals surface area contributed by atoms with Crippen LogP contribution < -0.4 is 10.6 Å². The first-order valence-corrected chi connectivity index (χ1v) is 7.72. The van der Waals surface area contributed by atoms with Crippen molar-refractivity contribution in [2.75, 3.05) is 11.9 Å². The van der Waals surface area contributed by atoms with Gasteiger partial charge in [0.25, 0.3) is 5.91 Å². The maximum absolute atomic E-state index is 11.9. The van der Waals surface area contributed by atoms with Crippen LogP contribution in [-0.4, -0.2) is 23.5 Å². The van der Waals surface area contributed by atoms with Gasteiger partial charge < -0.3 is 15.7 Å². The minimum atomic E-state index is -0.916. The topological polar surface area (TPSA) is 102 Å². The molecule has 0 spiro atoms. The standard InChI is InChI=1S/C18H23N3O3/c1-18(2,3)14-7-4-5-8-15(14)21-12-13(11-19)17(24)20-10-6-9-16(22)23/h4-5,7-8,12,21H,6,9-10H2,1-3H3,(H,20,24)(H,22,23)/b13-12-. The van der Waals surface area contributed by atoms with Crippen LogP contribution in [0.3, 0.4) is 0 Å². The van der Waals surface area contributed by atoms with Crippen LogP contribution in [0.25, 0.3) is 0 Å². The molecule has 0 radical (unpaired) electrons. The first-order valence-electron chi connectivity index (χ1n) is 7.72. The molecule has 1 rings (SSSR count). The monoisotopic (exact) mass is 329 g/mol. The van der Waals surface area contributed by atoms with Crippen LogP contribution in [0.1, 0.15) is 39.2 Å². The lowest BCUT2D eigenvalue weighted by Gasteiger charge is -2.22. The molecule has 6 heteroatoms. The minimum Gasteiger partial charge on any atom is -0.481 e. The predicted octanol–water partition coefficient (Wildman–Crippen LogP) is 2.78. The highest BCUT2D eigenvalue weighted by atomic mass is 16.4. The molecular formula is C18H23N3O3. The molecule has 0 unspecified atom stereocenters. The van der Waals surface area contributed by atoms with Gasteiger partial charge in [0.2, 0.25) is 0 Å². The van der Waals surface area contributed by atoms with Crippen molar-refractivity contribution in [2.24, 2.45) is 0 Å². The number of nitriles is 1. The number of para-hydroxylation sites is 1. The second kappa shape index (κ2) is 8.73. The number of carboxylic acids is 1. The molecule has 0 saturated carbocycles. The van der Waals surface area contributed by atoms with Crippen LogP contribution in [0, 0.1) is 11.3 Å². The number of carbonyl (C=O) groups is 2. The number of rotatable bonds is 7. The molecule has 0 saturated heterocycles. The van der Waals surface area contributed by atoms with Gasteiger partial charge in [-0.15, -0.1) is 0 Å². The third-order valence-electron chi connectivity index (χ3n) is 3.33. The number of carbonyl (C=O) groups excluding carboxylic acids is 1. The van der Waals surface area contributed by atoms with Crippen molar-refractivity contribution in [3.63, 3.8) is 0 Å². The van der Waals surface area contributed by atoms with E-state index in [2.05, 4.69) is 31.4 Å². The summed E-state index contributed by atoms with van der Waals surface area (Å²) in [6.45, 7) is 6.45. The molecule has 24 heavy (non-hydrogen) atoms. The fourth-order valence-electron chi connectivity index (χ4n) is 2.10. The molecule has 1 aromatic carbocycles. The van der Waals surface area contributed by atoms with Gasteiger partial charge in [0, 0.05) is 24.9 Å². The molecule has 0 bridgehead atoms. The maximum Gasteiger partial charge on any atom is 0.303 e. The molecule has 3 N–H and O–H groups in total. The maximum atomic E-state index is 11.9. The Bertz CT molecular complexity index is 667. The largest absolute Gasteiger partial charge is 0.481 e. The van der Waals surface area contributed by atoms with Crippen LogP contribution in [0.15, 0.2) is 36.0 Å². The van der Waals surface area contributed by atoms with Gasteiger partial charge in [-0.25, -0.2) is 0 Å². The molecule has 0 aliphatic heterocycles. The van der Waals surface area contributed by atoms with Gasteiger partial charge in [-0.2, -0.15) is 5.26 Å². The number of hydrogen-bond acceptors (Lipinski definition) is 4. The molecule has 0 aliphatic rings. The van der Waals surface area contributed by atoms with Crippen molar-refractivity contribution in [1.29, 1.82) is 5.26 Å². The summed E-state index contributed by atoms with van der Waals surface area (Å²) < 4.78 is 0. The summed E-state index contributed by atoms with van der Waals surface area (Å²) in [7, 11) is 0. The van der Waals surface area contributed by atoms with E-state index in [9.17, 15) is 9.59 Å². The lowest BCUT2D eigenvalue weighted by atomic mass is 9.86. The molecule has 0 heterocycles. The van der Waals surface area contributed by atoms with Crippen molar-refractivity contribution < 1.29 is 14.7 Å². The second-order valence-electron chi connectivity index (χ2n) is 6.36. The lowest BCUT2D eigenvalue weighted by Crippen LogP contribution is -2.26. The smallest absolute Gasteiger partial charge is 0.303 e. The summed E-state index contributed by atoms with van der Waals surface area (Å²) in [5.74, 6) is -1.44. The Kier molecular flexibility index (Phi) is 6.99. The molecule has 1 aromatic rings. The summed E-state index contributed by atoms with van der Waals surface area (Å²) in [4.78, 5) is 22.4. The fourth-order valence-corrected chi connectivity index (χ4v) is 2.10. The van der Waals surface area contributed by atoms with Gasteiger partial charge in [-0.1, -0.05) is 39.0 Å². The number of nitrogens with zero attached hydrogens (tertiary/aromatic N) is 1. The quantitative estimate of drug-likeness (QED) is 0.405. The molecular weight excluding hydrogens is 306 g/mol. The SMILES string of the molecule is CC(C)(C)c1ccccc1N/C=C(/C#N)C(=O)NCCCC(=O)O. The number of hydrogen-bond donors (Lipinski definition) is 3. The molecule has 1 amide bonds. The Balaban J connectivity index is 2.75. The van der Waals surface area contributed by atoms with Crippen LogP contribution in [-0.2, 0) is 15.0 Å². The van der Waals surface area contributed by atoms with E-state index in [0.29, 0.717) is 6.42 Å². The van der Waals surface area contributed by atoms with E-state index >= 15 is 0 Å². The van der Waals surface area contributed by atoms with E-state index < -0.39 is 11.9 Å². The molecule has 0 aliphatic carbocycles. The summed E-state index contributed by atoms with van der Waals surface area (Å²) >= 11 is 0. The highest BCUT2D eigenvalue weighted by Crippen LogP contribution is 2.29. The zero-order valence-electron chi connectivity index (χ0n) is 14.2. The third-order valence-corrected chi connectivity index (χ3v) is 3.33. The van der Waals surface area contributed by atoms with Gasteiger partial charge in [-0.05, 0) is 23.5 Å². The predicted molar refractivity (Wildman–Crippen MR) is 92.3 cm³/mol. The first-order chi connectivity index (χ1) is 11.3. The summed E-state index contributed by atoms with van der Waals surface area (Å²) in [6.07, 6.45) is 1.67. The van der Waals surface area contributed by atoms with Gasteiger partial charge in [0.05, 0.1) is 0 Å². The number of anilines is 1. The molecule has 0 atom stereocenters. The fraction of sp³-hybridized carbons (Fsp3) is 0.389. The van der Waals surface area contributed by atoms with E-state index in [0.717, 1.165) is 11.3 Å². The van der Waals surface area contributed by atoms with E-state index in [1.807, 2.05) is 30.3 Å². The lowest BCUT2D eigenvalue weighted by molar-refractivity contribution is -0.137. The third kappa shape index (κ3) is 6.13. The van der Waals surface area contributed by atoms with E-state index in [-0.39, 0.29) is 24.0 Å². The number of aliphatic carboxylic acids is 1. The van der Waals surface area contributed by atoms with E-state index in [4.69, 9.17) is 10.4 Å².